The molecule has 0 aliphatic heterocycles. The van der Waals surface area contributed by atoms with Crippen molar-refractivity contribution in [1.82, 2.24) is 0 Å². The molecule has 3 heteroatoms. The molecular formula is C10H21O2S. The van der Waals surface area contributed by atoms with Crippen LogP contribution in [0.25, 0.3) is 0 Å². The fourth-order valence-electron chi connectivity index (χ4n) is 0.875. The van der Waals surface area contributed by atoms with Gasteiger partial charge < -0.3 is 9.47 Å². The van der Waals surface area contributed by atoms with Gasteiger partial charge in [0.1, 0.15) is 0 Å². The van der Waals surface area contributed by atoms with Crippen LogP contribution in [0.3, 0.4) is 0 Å². The fourth-order valence-corrected chi connectivity index (χ4v) is 0.992. The molecule has 0 atom stereocenters. The van der Waals surface area contributed by atoms with Crippen LogP contribution < -0.4 is 0 Å². The normalized spacial score (nSPS) is 10.6. The molecule has 0 amide bonds. The van der Waals surface area contributed by atoms with E-state index in [1.54, 1.807) is 0 Å². The van der Waals surface area contributed by atoms with Crippen molar-refractivity contribution in [3.63, 3.8) is 0 Å². The summed E-state index contributed by atoms with van der Waals surface area (Å²) in [5, 5.41) is 0. The lowest BCUT2D eigenvalue weighted by Crippen LogP contribution is -2.03. The molecule has 0 saturated carbocycles. The van der Waals surface area contributed by atoms with Gasteiger partial charge in [0.05, 0.1) is 0 Å². The first-order chi connectivity index (χ1) is 6.41. The summed E-state index contributed by atoms with van der Waals surface area (Å²) in [5.41, 5.74) is 0. The summed E-state index contributed by atoms with van der Waals surface area (Å²) in [4.78, 5) is 0. The van der Waals surface area contributed by atoms with Gasteiger partial charge in [0, 0.05) is 32.2 Å². The van der Waals surface area contributed by atoms with E-state index in [2.05, 4.69) is 6.92 Å². The molecule has 0 heterocycles. The second-order valence-corrected chi connectivity index (χ2v) is 3.40. The maximum Gasteiger partial charge on any atom is 0.0487 e. The van der Waals surface area contributed by atoms with Crippen molar-refractivity contribution in [3.8, 4) is 0 Å². The predicted octanol–water partition coefficient (Wildman–Crippen LogP) is 2.80. The van der Waals surface area contributed by atoms with Gasteiger partial charge in [-0.1, -0.05) is 26.0 Å². The van der Waals surface area contributed by atoms with E-state index in [1.165, 1.54) is 6.42 Å². The average Bonchev–Trinajstić information content (AvgIpc) is 2.16. The summed E-state index contributed by atoms with van der Waals surface area (Å²) in [5.74, 6) is 0.799. The minimum atomic E-state index is 0.799. The van der Waals surface area contributed by atoms with Crippen LogP contribution in [0.4, 0.5) is 0 Å². The van der Waals surface area contributed by atoms with Crippen LogP contribution in [-0.4, -0.2) is 32.2 Å². The van der Waals surface area contributed by atoms with Gasteiger partial charge in [-0.25, -0.2) is 0 Å². The van der Waals surface area contributed by atoms with Gasteiger partial charge in [-0.2, -0.15) is 0 Å². The van der Waals surface area contributed by atoms with Gasteiger partial charge >= 0.3 is 0 Å². The first-order valence-electron chi connectivity index (χ1n) is 5.15. The third-order valence-corrected chi connectivity index (χ3v) is 1.94. The monoisotopic (exact) mass is 205 g/mol. The molecule has 79 valence electrons. The molecule has 0 unspecified atom stereocenters. The van der Waals surface area contributed by atoms with Crippen molar-refractivity contribution < 1.29 is 9.47 Å². The zero-order chi connectivity index (χ0) is 9.78. The summed E-state index contributed by atoms with van der Waals surface area (Å²) in [6.07, 6.45) is 4.36. The van der Waals surface area contributed by atoms with Crippen molar-refractivity contribution >= 4 is 12.6 Å². The second-order valence-electron chi connectivity index (χ2n) is 2.99. The average molecular weight is 205 g/mol. The number of hydrogen-bond acceptors (Lipinski definition) is 2. The van der Waals surface area contributed by atoms with Gasteiger partial charge in [-0.3, -0.25) is 0 Å². The summed E-state index contributed by atoms with van der Waals surface area (Å²) in [6, 6.07) is 0. The Kier molecular flexibility index (Phi) is 12.5. The van der Waals surface area contributed by atoms with Gasteiger partial charge in [0.15, 0.2) is 0 Å². The standard InChI is InChI=1S/C10H21O2S/c1-2-3-6-11-7-4-8-12-9-5-10-13/h2-10H2,1H3. The summed E-state index contributed by atoms with van der Waals surface area (Å²) < 4.78 is 10.7. The number of rotatable bonds is 10. The lowest BCUT2D eigenvalue weighted by molar-refractivity contribution is 0.0821. The van der Waals surface area contributed by atoms with Crippen LogP contribution in [0.5, 0.6) is 0 Å². The highest BCUT2D eigenvalue weighted by Gasteiger charge is 1.90. The first-order valence-corrected chi connectivity index (χ1v) is 5.73. The molecule has 0 aromatic heterocycles. The van der Waals surface area contributed by atoms with Crippen LogP contribution in [0.15, 0.2) is 0 Å². The molecule has 0 spiro atoms. The highest BCUT2D eigenvalue weighted by atomic mass is 32.1. The van der Waals surface area contributed by atoms with E-state index >= 15 is 0 Å². The Hall–Kier alpha value is 0.270. The van der Waals surface area contributed by atoms with E-state index in [-0.39, 0.29) is 0 Å². The molecule has 0 saturated heterocycles. The van der Waals surface area contributed by atoms with E-state index < -0.39 is 0 Å². The summed E-state index contributed by atoms with van der Waals surface area (Å²) in [6.45, 7) is 5.50. The third-order valence-electron chi connectivity index (χ3n) is 1.65. The van der Waals surface area contributed by atoms with Crippen molar-refractivity contribution in [2.24, 2.45) is 0 Å². The molecule has 1 radical (unpaired) electrons. The maximum atomic E-state index is 5.38. The molecular weight excluding hydrogens is 184 g/mol. The zero-order valence-corrected chi connectivity index (χ0v) is 9.41. The molecule has 0 rings (SSSR count). The molecule has 0 aromatic rings. The SMILES string of the molecule is CCCCOCCCOCCC[S]. The quantitative estimate of drug-likeness (QED) is 0.511. The van der Waals surface area contributed by atoms with Gasteiger partial charge in [-0.05, 0) is 19.3 Å². The topological polar surface area (TPSA) is 18.5 Å². The van der Waals surface area contributed by atoms with E-state index in [9.17, 15) is 0 Å². The minimum absolute atomic E-state index is 0.799. The number of ether oxygens (including phenoxy) is 2. The molecule has 0 aliphatic rings. The number of unbranched alkanes of at least 4 members (excludes halogenated alkanes) is 1. The van der Waals surface area contributed by atoms with Crippen LogP contribution in [0.2, 0.25) is 0 Å². The Labute approximate surface area is 87.4 Å². The Morgan fingerprint density at radius 3 is 1.92 bits per heavy atom. The van der Waals surface area contributed by atoms with E-state index in [4.69, 9.17) is 22.1 Å². The van der Waals surface area contributed by atoms with Gasteiger partial charge in [0.25, 0.3) is 0 Å². The van der Waals surface area contributed by atoms with Crippen LogP contribution in [-0.2, 0) is 9.47 Å². The molecule has 0 aromatic carbocycles. The molecule has 13 heavy (non-hydrogen) atoms. The largest absolute Gasteiger partial charge is 0.381 e. The minimum Gasteiger partial charge on any atom is -0.381 e. The van der Waals surface area contributed by atoms with Crippen molar-refractivity contribution in [2.45, 2.75) is 32.6 Å². The lowest BCUT2D eigenvalue weighted by atomic mass is 10.4. The molecule has 0 fully saturated rings. The zero-order valence-electron chi connectivity index (χ0n) is 8.59. The molecule has 0 bridgehead atoms. The molecule has 0 N–H and O–H groups in total. The smallest absolute Gasteiger partial charge is 0.0487 e. The van der Waals surface area contributed by atoms with E-state index in [0.29, 0.717) is 0 Å². The highest BCUT2D eigenvalue weighted by Crippen LogP contribution is 1.91. The molecule has 0 aliphatic carbocycles. The Bertz CT molecular complexity index is 79.0. The second kappa shape index (κ2) is 12.3. The fraction of sp³-hybridized carbons (Fsp3) is 1.00. The Morgan fingerprint density at radius 1 is 0.846 bits per heavy atom. The molecule has 2 nitrogen and oxygen atoms in total. The predicted molar refractivity (Wildman–Crippen MR) is 58.2 cm³/mol. The summed E-state index contributed by atoms with van der Waals surface area (Å²) in [7, 11) is 0. The Balaban J connectivity index is 2.76. The summed E-state index contributed by atoms with van der Waals surface area (Å²) >= 11 is 4.80. The maximum absolute atomic E-state index is 5.38. The van der Waals surface area contributed by atoms with Crippen molar-refractivity contribution in [3.05, 3.63) is 0 Å². The third kappa shape index (κ3) is 12.3. The van der Waals surface area contributed by atoms with Crippen LogP contribution >= 0.6 is 12.6 Å². The van der Waals surface area contributed by atoms with Gasteiger partial charge in [-0.15, -0.1) is 0 Å². The van der Waals surface area contributed by atoms with Crippen molar-refractivity contribution in [2.75, 3.05) is 32.2 Å². The highest BCUT2D eigenvalue weighted by molar-refractivity contribution is 7.80. The first kappa shape index (κ1) is 13.3. The lowest BCUT2D eigenvalue weighted by Gasteiger charge is -2.04. The van der Waals surface area contributed by atoms with E-state index in [1.807, 2.05) is 0 Å². The Morgan fingerprint density at radius 2 is 1.38 bits per heavy atom. The van der Waals surface area contributed by atoms with Crippen molar-refractivity contribution in [1.29, 1.82) is 0 Å². The van der Waals surface area contributed by atoms with Gasteiger partial charge in [0.2, 0.25) is 0 Å². The van der Waals surface area contributed by atoms with Crippen LogP contribution in [0, 0.1) is 0 Å². The van der Waals surface area contributed by atoms with E-state index in [0.717, 1.165) is 51.4 Å². The van der Waals surface area contributed by atoms with Crippen LogP contribution in [0.1, 0.15) is 32.6 Å². The number of hydrogen-bond donors (Lipinski definition) is 0.